The van der Waals surface area contributed by atoms with Crippen LogP contribution in [0, 0.1) is 0 Å². The molecule has 0 aliphatic carbocycles. The number of primary sulfonamides is 1. The average Bonchev–Trinajstić information content (AvgIpc) is 2.34. The Balaban J connectivity index is 2.53. The molecule has 0 atom stereocenters. The van der Waals surface area contributed by atoms with Crippen LogP contribution in [0.15, 0.2) is 23.1 Å². The first kappa shape index (κ1) is 16.1. The topological polar surface area (TPSA) is 118 Å². The summed E-state index contributed by atoms with van der Waals surface area (Å²) >= 11 is 1.71. The minimum Gasteiger partial charge on any atom is -0.397 e. The third-order valence-electron chi connectivity index (χ3n) is 2.36. The second-order valence-corrected chi connectivity index (χ2v) is 6.70. The van der Waals surface area contributed by atoms with Crippen LogP contribution < -0.4 is 16.2 Å². The number of hydrogen-bond donors (Lipinski definition) is 4. The SMILES string of the molecule is Nc1ccc(S(N)(=O)=O)cc1NCCSCCCO. The summed E-state index contributed by atoms with van der Waals surface area (Å²) in [4.78, 5) is 0.0390. The van der Waals surface area contributed by atoms with Crippen LogP contribution in [0.5, 0.6) is 0 Å². The fourth-order valence-electron chi connectivity index (χ4n) is 1.39. The van der Waals surface area contributed by atoms with E-state index in [9.17, 15) is 8.42 Å². The Morgan fingerprint density at radius 2 is 2.05 bits per heavy atom. The fraction of sp³-hybridized carbons (Fsp3) is 0.455. The van der Waals surface area contributed by atoms with E-state index in [2.05, 4.69) is 5.32 Å². The van der Waals surface area contributed by atoms with Gasteiger partial charge in [-0.3, -0.25) is 0 Å². The summed E-state index contributed by atoms with van der Waals surface area (Å²) < 4.78 is 22.5. The molecule has 0 aliphatic heterocycles. The number of sulfonamides is 1. The van der Waals surface area contributed by atoms with Crippen molar-refractivity contribution in [1.29, 1.82) is 0 Å². The second-order valence-electron chi connectivity index (χ2n) is 3.91. The summed E-state index contributed by atoms with van der Waals surface area (Å²) in [5.41, 5.74) is 6.80. The summed E-state index contributed by atoms with van der Waals surface area (Å²) in [7, 11) is -3.71. The predicted octanol–water partition coefficient (Wildman–Crippen LogP) is 0.444. The molecule has 0 aromatic heterocycles. The number of nitrogen functional groups attached to an aromatic ring is 1. The Kier molecular flexibility index (Phi) is 6.43. The van der Waals surface area contributed by atoms with Crippen molar-refractivity contribution in [2.45, 2.75) is 11.3 Å². The van der Waals surface area contributed by atoms with E-state index in [1.165, 1.54) is 18.2 Å². The van der Waals surface area contributed by atoms with Gasteiger partial charge in [0, 0.05) is 18.9 Å². The molecular formula is C11H19N3O3S2. The van der Waals surface area contributed by atoms with Crippen LogP contribution in [-0.4, -0.2) is 38.2 Å². The zero-order valence-corrected chi connectivity index (χ0v) is 12.1. The van der Waals surface area contributed by atoms with Crippen LogP contribution in [-0.2, 0) is 10.0 Å². The standard InChI is InChI=1S/C11H19N3O3S2/c12-10-3-2-9(19(13,16)17)8-11(10)14-4-7-18-6-1-5-15/h2-3,8,14-15H,1,4-7,12H2,(H2,13,16,17). The number of nitrogens with one attached hydrogen (secondary N) is 1. The van der Waals surface area contributed by atoms with E-state index in [4.69, 9.17) is 16.0 Å². The van der Waals surface area contributed by atoms with E-state index in [1.807, 2.05) is 0 Å². The second kappa shape index (κ2) is 7.59. The first-order valence-corrected chi connectivity index (χ1v) is 8.50. The Morgan fingerprint density at radius 1 is 1.32 bits per heavy atom. The number of rotatable bonds is 8. The third kappa shape index (κ3) is 5.68. The molecule has 0 heterocycles. The van der Waals surface area contributed by atoms with Gasteiger partial charge in [-0.15, -0.1) is 0 Å². The number of aliphatic hydroxyl groups is 1. The van der Waals surface area contributed by atoms with Crippen molar-refractivity contribution in [3.8, 4) is 0 Å². The molecule has 1 rings (SSSR count). The molecule has 0 spiro atoms. The van der Waals surface area contributed by atoms with Gasteiger partial charge < -0.3 is 16.2 Å². The highest BCUT2D eigenvalue weighted by Crippen LogP contribution is 2.22. The lowest BCUT2D eigenvalue weighted by atomic mass is 10.2. The van der Waals surface area contributed by atoms with Gasteiger partial charge in [0.1, 0.15) is 0 Å². The van der Waals surface area contributed by atoms with Gasteiger partial charge in [-0.05, 0) is 30.4 Å². The molecule has 0 fully saturated rings. The molecule has 0 saturated carbocycles. The number of nitrogens with two attached hydrogens (primary N) is 2. The highest BCUT2D eigenvalue weighted by molar-refractivity contribution is 7.99. The molecule has 108 valence electrons. The number of thioether (sulfide) groups is 1. The number of anilines is 2. The maximum absolute atomic E-state index is 11.2. The van der Waals surface area contributed by atoms with Crippen LogP contribution in [0.25, 0.3) is 0 Å². The van der Waals surface area contributed by atoms with Crippen LogP contribution in [0.4, 0.5) is 11.4 Å². The minimum absolute atomic E-state index is 0.0390. The van der Waals surface area contributed by atoms with E-state index >= 15 is 0 Å². The number of aliphatic hydroxyl groups excluding tert-OH is 1. The van der Waals surface area contributed by atoms with E-state index in [-0.39, 0.29) is 11.5 Å². The first-order valence-electron chi connectivity index (χ1n) is 5.80. The van der Waals surface area contributed by atoms with Crippen LogP contribution >= 0.6 is 11.8 Å². The lowest BCUT2D eigenvalue weighted by Gasteiger charge is -2.10. The number of benzene rings is 1. The average molecular weight is 305 g/mol. The van der Waals surface area contributed by atoms with E-state index < -0.39 is 10.0 Å². The van der Waals surface area contributed by atoms with E-state index in [1.54, 1.807) is 11.8 Å². The van der Waals surface area contributed by atoms with Gasteiger partial charge in [-0.2, -0.15) is 11.8 Å². The molecule has 8 heteroatoms. The van der Waals surface area contributed by atoms with Crippen molar-refractivity contribution in [2.75, 3.05) is 35.7 Å². The van der Waals surface area contributed by atoms with Gasteiger partial charge in [-0.1, -0.05) is 0 Å². The lowest BCUT2D eigenvalue weighted by Crippen LogP contribution is -2.13. The van der Waals surface area contributed by atoms with Gasteiger partial charge in [0.2, 0.25) is 10.0 Å². The summed E-state index contributed by atoms with van der Waals surface area (Å²) in [6.07, 6.45) is 0.772. The van der Waals surface area contributed by atoms with E-state index in [0.29, 0.717) is 17.9 Å². The Bertz CT molecular complexity index is 506. The molecule has 19 heavy (non-hydrogen) atoms. The molecule has 0 bridgehead atoms. The molecule has 1 aromatic rings. The van der Waals surface area contributed by atoms with Crippen molar-refractivity contribution in [2.24, 2.45) is 5.14 Å². The maximum atomic E-state index is 11.2. The minimum atomic E-state index is -3.71. The lowest BCUT2D eigenvalue weighted by molar-refractivity contribution is 0.296. The Labute approximate surface area is 117 Å². The van der Waals surface area contributed by atoms with Gasteiger partial charge >= 0.3 is 0 Å². The third-order valence-corrected chi connectivity index (χ3v) is 4.34. The van der Waals surface area contributed by atoms with Crippen molar-refractivity contribution >= 4 is 33.2 Å². The van der Waals surface area contributed by atoms with Gasteiger partial charge in [-0.25, -0.2) is 13.6 Å². The summed E-state index contributed by atoms with van der Waals surface area (Å²) in [6, 6.07) is 4.33. The Morgan fingerprint density at radius 3 is 2.68 bits per heavy atom. The van der Waals surface area contributed by atoms with Crippen molar-refractivity contribution < 1.29 is 13.5 Å². The fourth-order valence-corrected chi connectivity index (χ4v) is 2.72. The van der Waals surface area contributed by atoms with Gasteiger partial charge in [0.15, 0.2) is 0 Å². The van der Waals surface area contributed by atoms with Crippen LogP contribution in [0.3, 0.4) is 0 Å². The Hall–Kier alpha value is -0.960. The van der Waals surface area contributed by atoms with E-state index in [0.717, 1.165) is 17.9 Å². The first-order chi connectivity index (χ1) is 8.95. The highest BCUT2D eigenvalue weighted by Gasteiger charge is 2.09. The largest absolute Gasteiger partial charge is 0.397 e. The summed E-state index contributed by atoms with van der Waals surface area (Å²) in [5, 5.41) is 16.8. The van der Waals surface area contributed by atoms with Crippen LogP contribution in [0.2, 0.25) is 0 Å². The molecule has 0 amide bonds. The van der Waals surface area contributed by atoms with Crippen molar-refractivity contribution in [1.82, 2.24) is 0 Å². The van der Waals surface area contributed by atoms with Crippen LogP contribution in [0.1, 0.15) is 6.42 Å². The maximum Gasteiger partial charge on any atom is 0.238 e. The normalized spacial score (nSPS) is 11.5. The molecule has 6 nitrogen and oxygen atoms in total. The molecule has 0 unspecified atom stereocenters. The van der Waals surface area contributed by atoms with Crippen molar-refractivity contribution in [3.63, 3.8) is 0 Å². The molecule has 0 aliphatic rings. The molecule has 1 aromatic carbocycles. The number of hydrogen-bond acceptors (Lipinski definition) is 6. The molecule has 0 saturated heterocycles. The molecule has 6 N–H and O–H groups in total. The zero-order valence-electron chi connectivity index (χ0n) is 10.5. The summed E-state index contributed by atoms with van der Waals surface area (Å²) in [6.45, 7) is 0.859. The molecule has 0 radical (unpaired) electrons. The smallest absolute Gasteiger partial charge is 0.238 e. The zero-order chi connectivity index (χ0) is 14.3. The quantitative estimate of drug-likeness (QED) is 0.409. The van der Waals surface area contributed by atoms with Crippen molar-refractivity contribution in [3.05, 3.63) is 18.2 Å². The van der Waals surface area contributed by atoms with Gasteiger partial charge in [0.25, 0.3) is 0 Å². The highest BCUT2D eigenvalue weighted by atomic mass is 32.2. The monoisotopic (exact) mass is 305 g/mol. The molecular weight excluding hydrogens is 286 g/mol. The predicted molar refractivity (Wildman–Crippen MR) is 79.7 cm³/mol. The van der Waals surface area contributed by atoms with Gasteiger partial charge in [0.05, 0.1) is 16.3 Å². The summed E-state index contributed by atoms with van der Waals surface area (Å²) in [5.74, 6) is 1.74.